The molecule has 0 unspecified atom stereocenters. The highest BCUT2D eigenvalue weighted by molar-refractivity contribution is 5.82. The van der Waals surface area contributed by atoms with Crippen LogP contribution in [0.5, 0.6) is 0 Å². The van der Waals surface area contributed by atoms with Gasteiger partial charge in [-0.05, 0) is 23.8 Å². The van der Waals surface area contributed by atoms with E-state index in [0.29, 0.717) is 29.1 Å². The van der Waals surface area contributed by atoms with Crippen LogP contribution in [0, 0.1) is 11.8 Å². The van der Waals surface area contributed by atoms with Crippen LogP contribution in [0.25, 0.3) is 11.1 Å². The molecular formula is C18H21NO2. The normalized spacial score (nSPS) is 25.9. The van der Waals surface area contributed by atoms with E-state index in [-0.39, 0.29) is 10.9 Å². The van der Waals surface area contributed by atoms with Crippen molar-refractivity contribution in [3.05, 3.63) is 50.8 Å². The first-order valence-corrected chi connectivity index (χ1v) is 7.75. The van der Waals surface area contributed by atoms with Crippen LogP contribution in [-0.4, -0.2) is 6.04 Å². The summed E-state index contributed by atoms with van der Waals surface area (Å²) in [4.78, 5) is 23.8. The Morgan fingerprint density at radius 3 is 2.43 bits per heavy atom. The van der Waals surface area contributed by atoms with Gasteiger partial charge in [-0.1, -0.05) is 57.0 Å². The van der Waals surface area contributed by atoms with Crippen LogP contribution in [-0.2, 0) is 0 Å². The van der Waals surface area contributed by atoms with Crippen molar-refractivity contribution in [1.29, 1.82) is 0 Å². The maximum absolute atomic E-state index is 11.9. The molecule has 1 aliphatic carbocycles. The zero-order chi connectivity index (χ0) is 15.0. The van der Waals surface area contributed by atoms with Gasteiger partial charge in [-0.25, -0.2) is 0 Å². The largest absolute Gasteiger partial charge is 0.378 e. The van der Waals surface area contributed by atoms with Gasteiger partial charge in [0.05, 0.1) is 11.3 Å². The molecule has 1 aliphatic rings. The first-order chi connectivity index (χ1) is 10.1. The highest BCUT2D eigenvalue weighted by atomic mass is 16.2. The average Bonchev–Trinajstić information content (AvgIpc) is 2.51. The van der Waals surface area contributed by atoms with Gasteiger partial charge in [-0.3, -0.25) is 9.59 Å². The average molecular weight is 283 g/mol. The van der Waals surface area contributed by atoms with E-state index >= 15 is 0 Å². The number of hydrogen-bond acceptors (Lipinski definition) is 3. The van der Waals surface area contributed by atoms with E-state index in [1.807, 2.05) is 30.3 Å². The van der Waals surface area contributed by atoms with Crippen LogP contribution in [0.1, 0.15) is 33.1 Å². The maximum Gasteiger partial charge on any atom is 0.250 e. The fraction of sp³-hybridized carbons (Fsp3) is 0.444. The summed E-state index contributed by atoms with van der Waals surface area (Å²) in [7, 11) is 0. The van der Waals surface area contributed by atoms with Crippen molar-refractivity contribution in [2.45, 2.75) is 39.2 Å². The Bertz CT molecular complexity index is 698. The van der Waals surface area contributed by atoms with Gasteiger partial charge >= 0.3 is 0 Å². The van der Waals surface area contributed by atoms with Crippen molar-refractivity contribution in [3.63, 3.8) is 0 Å². The summed E-state index contributed by atoms with van der Waals surface area (Å²) in [5.74, 6) is 1.18. The molecule has 1 fully saturated rings. The predicted molar refractivity (Wildman–Crippen MR) is 86.4 cm³/mol. The van der Waals surface area contributed by atoms with Crippen LogP contribution in [0.15, 0.2) is 39.9 Å². The van der Waals surface area contributed by atoms with E-state index in [4.69, 9.17) is 0 Å². The Labute approximate surface area is 124 Å². The molecule has 0 heterocycles. The molecule has 2 aromatic rings. The zero-order valence-corrected chi connectivity index (χ0v) is 12.6. The molecule has 0 spiro atoms. The van der Waals surface area contributed by atoms with E-state index in [2.05, 4.69) is 19.2 Å². The van der Waals surface area contributed by atoms with Gasteiger partial charge in [-0.2, -0.15) is 0 Å². The van der Waals surface area contributed by atoms with E-state index in [0.717, 1.165) is 12.0 Å². The highest BCUT2D eigenvalue weighted by Gasteiger charge is 2.30. The lowest BCUT2D eigenvalue weighted by Crippen LogP contribution is -2.42. The van der Waals surface area contributed by atoms with Crippen LogP contribution < -0.4 is 16.2 Å². The third-order valence-electron chi connectivity index (χ3n) is 5.01. The topological polar surface area (TPSA) is 46.2 Å². The SMILES string of the molecule is C[C@H]1[C@H](C)CCC[C@H]1Nc1c(-c2ccccc2)c(=O)c1=O. The standard InChI is InChI=1S/C18H21NO2/c1-11-7-6-10-14(12(11)2)19-16-15(17(20)18(16)21)13-8-4-3-5-9-13/h3-5,8-9,11-12,14,19H,6-7,10H2,1-2H3/t11-,12+,14-/m1/s1. The van der Waals surface area contributed by atoms with Gasteiger partial charge in [0.1, 0.15) is 0 Å². The summed E-state index contributed by atoms with van der Waals surface area (Å²) in [6, 6.07) is 9.75. The van der Waals surface area contributed by atoms with Crippen LogP contribution >= 0.6 is 0 Å². The molecule has 0 saturated heterocycles. The first kappa shape index (κ1) is 14.1. The Morgan fingerprint density at radius 2 is 1.71 bits per heavy atom. The maximum atomic E-state index is 11.9. The van der Waals surface area contributed by atoms with Crippen LogP contribution in [0.2, 0.25) is 0 Å². The highest BCUT2D eigenvalue weighted by Crippen LogP contribution is 2.33. The van der Waals surface area contributed by atoms with Gasteiger partial charge in [0, 0.05) is 6.04 Å². The number of rotatable bonds is 3. The molecule has 0 amide bonds. The smallest absolute Gasteiger partial charge is 0.250 e. The van der Waals surface area contributed by atoms with E-state index in [1.165, 1.54) is 12.8 Å². The summed E-state index contributed by atoms with van der Waals surface area (Å²) in [6.45, 7) is 4.49. The minimum absolute atomic E-state index is 0.291. The van der Waals surface area contributed by atoms with Crippen molar-refractivity contribution >= 4 is 5.69 Å². The molecule has 0 aromatic heterocycles. The Hall–Kier alpha value is -1.90. The second-order valence-electron chi connectivity index (χ2n) is 6.29. The van der Waals surface area contributed by atoms with Crippen LogP contribution in [0.4, 0.5) is 5.69 Å². The molecule has 1 saturated carbocycles. The Balaban J connectivity index is 1.89. The molecule has 3 rings (SSSR count). The van der Waals surface area contributed by atoms with Crippen molar-refractivity contribution in [1.82, 2.24) is 0 Å². The minimum atomic E-state index is -0.362. The van der Waals surface area contributed by atoms with Crippen molar-refractivity contribution in [2.24, 2.45) is 11.8 Å². The molecular weight excluding hydrogens is 262 g/mol. The molecule has 1 N–H and O–H groups in total. The Kier molecular flexibility index (Phi) is 3.66. The van der Waals surface area contributed by atoms with Crippen molar-refractivity contribution < 1.29 is 0 Å². The summed E-state index contributed by atoms with van der Waals surface area (Å²) < 4.78 is 0. The molecule has 2 aromatic carbocycles. The van der Waals surface area contributed by atoms with E-state index in [1.54, 1.807) is 0 Å². The molecule has 3 atom stereocenters. The molecule has 3 nitrogen and oxygen atoms in total. The predicted octanol–water partition coefficient (Wildman–Crippen LogP) is 3.19. The van der Waals surface area contributed by atoms with Gasteiger partial charge in [-0.15, -0.1) is 0 Å². The summed E-state index contributed by atoms with van der Waals surface area (Å²) in [5, 5.41) is 3.37. The number of nitrogens with one attached hydrogen (secondary N) is 1. The van der Waals surface area contributed by atoms with E-state index < -0.39 is 0 Å². The number of benzene rings is 1. The fourth-order valence-corrected chi connectivity index (χ4v) is 3.38. The summed E-state index contributed by atoms with van der Waals surface area (Å²) in [6.07, 6.45) is 3.49. The monoisotopic (exact) mass is 283 g/mol. The summed E-state index contributed by atoms with van der Waals surface area (Å²) >= 11 is 0. The molecule has 0 radical (unpaired) electrons. The molecule has 110 valence electrons. The third kappa shape index (κ3) is 2.41. The second-order valence-corrected chi connectivity index (χ2v) is 6.29. The van der Waals surface area contributed by atoms with Gasteiger partial charge in [0.2, 0.25) is 10.9 Å². The molecule has 3 heteroatoms. The van der Waals surface area contributed by atoms with Crippen molar-refractivity contribution in [2.75, 3.05) is 5.32 Å². The van der Waals surface area contributed by atoms with E-state index in [9.17, 15) is 9.59 Å². The molecule has 0 aliphatic heterocycles. The lowest BCUT2D eigenvalue weighted by molar-refractivity contribution is 0.253. The summed E-state index contributed by atoms with van der Waals surface area (Å²) in [5.41, 5.74) is 1.20. The quantitative estimate of drug-likeness (QED) is 0.880. The van der Waals surface area contributed by atoms with Gasteiger partial charge in [0.15, 0.2) is 0 Å². The van der Waals surface area contributed by atoms with Crippen LogP contribution in [0.3, 0.4) is 0 Å². The third-order valence-corrected chi connectivity index (χ3v) is 5.01. The zero-order valence-electron chi connectivity index (χ0n) is 12.6. The lowest BCUT2D eigenvalue weighted by atomic mass is 9.77. The number of anilines is 1. The number of hydrogen-bond donors (Lipinski definition) is 1. The minimum Gasteiger partial charge on any atom is -0.378 e. The second kappa shape index (κ2) is 5.47. The van der Waals surface area contributed by atoms with Gasteiger partial charge < -0.3 is 5.32 Å². The first-order valence-electron chi connectivity index (χ1n) is 7.75. The fourth-order valence-electron chi connectivity index (χ4n) is 3.38. The Morgan fingerprint density at radius 1 is 1.00 bits per heavy atom. The molecule has 21 heavy (non-hydrogen) atoms. The lowest BCUT2D eigenvalue weighted by Gasteiger charge is -2.35. The van der Waals surface area contributed by atoms with Crippen molar-refractivity contribution in [3.8, 4) is 11.1 Å². The van der Waals surface area contributed by atoms with Gasteiger partial charge in [0.25, 0.3) is 0 Å². The molecule has 0 bridgehead atoms.